The van der Waals surface area contributed by atoms with E-state index in [2.05, 4.69) is 10.7 Å². The van der Waals surface area contributed by atoms with Crippen molar-refractivity contribution >= 4 is 40.9 Å². The van der Waals surface area contributed by atoms with E-state index in [0.29, 0.717) is 27.6 Å². The Morgan fingerprint density at radius 2 is 1.73 bits per heavy atom. The van der Waals surface area contributed by atoms with Gasteiger partial charge in [0, 0.05) is 22.6 Å². The molecule has 4 amide bonds. The van der Waals surface area contributed by atoms with Crippen molar-refractivity contribution in [2.75, 3.05) is 12.5 Å². The first-order valence-corrected chi connectivity index (χ1v) is 14.6. The first-order valence-electron chi connectivity index (χ1n) is 14.2. The molecule has 0 bridgehead atoms. The molecule has 11 heteroatoms. The first kappa shape index (κ1) is 28.1. The number of hydrazine groups is 1. The fourth-order valence-corrected chi connectivity index (χ4v) is 7.97. The highest BCUT2D eigenvalue weighted by Crippen LogP contribution is 2.64. The molecule has 0 unspecified atom stereocenters. The number of carbonyl (C=O) groups excluding carboxylic acids is 4. The molecule has 6 atom stereocenters. The predicted octanol–water partition coefficient (Wildman–Crippen LogP) is 4.47. The summed E-state index contributed by atoms with van der Waals surface area (Å²) >= 11 is 6.28. The van der Waals surface area contributed by atoms with E-state index in [-0.39, 0.29) is 24.5 Å². The molecule has 2 saturated heterocycles. The molecule has 1 saturated carbocycles. The van der Waals surface area contributed by atoms with Crippen molar-refractivity contribution in [3.05, 3.63) is 100 Å². The fraction of sp³-hybridized carbons (Fsp3) is 0.273. The van der Waals surface area contributed by atoms with Gasteiger partial charge in [-0.2, -0.15) is 5.01 Å². The van der Waals surface area contributed by atoms with Crippen molar-refractivity contribution in [2.45, 2.75) is 24.2 Å². The number of allylic oxidation sites excluding steroid dienone is 2. The number of nitrogens with one attached hydrogen (secondary N) is 2. The number of rotatable bonds is 5. The standard InChI is InChI=1S/C33H27ClFN3O6/c1-44-26-14-20(39)10-11-22(26)28-21-12-13-23-27(30(41)36-29(23)40)24(21)15-25-31(42)38(37-19-8-6-18(35)7-9-19)32(43)33(25,28)16-2-4-17(34)5-3-16/h2-12,14,23-25,27-28,37,39H,13,15H2,1H3,(H,36,40,41)/t23-,24+,25-,27-,28+,33+/m0/s1. The van der Waals surface area contributed by atoms with Crippen molar-refractivity contribution in [1.82, 2.24) is 10.3 Å². The molecule has 0 aromatic heterocycles. The molecule has 9 nitrogen and oxygen atoms in total. The van der Waals surface area contributed by atoms with E-state index >= 15 is 0 Å². The number of amides is 4. The highest BCUT2D eigenvalue weighted by atomic mass is 35.5. The summed E-state index contributed by atoms with van der Waals surface area (Å²) in [5.74, 6) is -5.69. The molecule has 3 fully saturated rings. The Hall–Kier alpha value is -4.70. The van der Waals surface area contributed by atoms with Crippen molar-refractivity contribution in [2.24, 2.45) is 23.7 Å². The lowest BCUT2D eigenvalue weighted by atomic mass is 9.49. The zero-order chi connectivity index (χ0) is 30.9. The lowest BCUT2D eigenvalue weighted by Gasteiger charge is -2.50. The van der Waals surface area contributed by atoms with E-state index < -0.39 is 58.5 Å². The molecular weight excluding hydrogens is 589 g/mol. The first-order chi connectivity index (χ1) is 21.1. The number of methoxy groups -OCH3 is 1. The molecule has 2 aliphatic heterocycles. The van der Waals surface area contributed by atoms with Gasteiger partial charge in [0.05, 0.1) is 36.0 Å². The van der Waals surface area contributed by atoms with Crippen LogP contribution in [-0.4, -0.2) is 40.9 Å². The normalized spacial score (nSPS) is 29.0. The van der Waals surface area contributed by atoms with Gasteiger partial charge < -0.3 is 9.84 Å². The molecule has 2 aliphatic carbocycles. The second-order valence-corrected chi connectivity index (χ2v) is 12.1. The fourth-order valence-electron chi connectivity index (χ4n) is 7.85. The summed E-state index contributed by atoms with van der Waals surface area (Å²) in [4.78, 5) is 55.4. The molecule has 44 heavy (non-hydrogen) atoms. The van der Waals surface area contributed by atoms with Gasteiger partial charge in [0.15, 0.2) is 0 Å². The highest BCUT2D eigenvalue weighted by Gasteiger charge is 2.70. The number of hydrogen-bond donors (Lipinski definition) is 3. The Balaban J connectivity index is 1.49. The van der Waals surface area contributed by atoms with Crippen LogP contribution in [0, 0.1) is 29.5 Å². The lowest BCUT2D eigenvalue weighted by Crippen LogP contribution is -2.53. The summed E-state index contributed by atoms with van der Waals surface area (Å²) < 4.78 is 19.4. The van der Waals surface area contributed by atoms with Gasteiger partial charge in [-0.1, -0.05) is 41.4 Å². The number of anilines is 1. The van der Waals surface area contributed by atoms with E-state index in [4.69, 9.17) is 16.3 Å². The Morgan fingerprint density at radius 3 is 2.43 bits per heavy atom. The molecule has 0 spiro atoms. The molecule has 224 valence electrons. The number of carbonyl (C=O) groups is 4. The van der Waals surface area contributed by atoms with Crippen LogP contribution in [0.25, 0.3) is 0 Å². The molecule has 4 aliphatic rings. The van der Waals surface area contributed by atoms with Crippen molar-refractivity contribution in [3.8, 4) is 11.5 Å². The predicted molar refractivity (Wildman–Crippen MR) is 157 cm³/mol. The van der Waals surface area contributed by atoms with Crippen LogP contribution in [0.4, 0.5) is 10.1 Å². The van der Waals surface area contributed by atoms with Crippen LogP contribution in [-0.2, 0) is 24.6 Å². The number of nitrogens with zero attached hydrogens (tertiary/aromatic N) is 1. The zero-order valence-corrected chi connectivity index (χ0v) is 24.2. The van der Waals surface area contributed by atoms with Crippen LogP contribution in [0.15, 0.2) is 78.4 Å². The van der Waals surface area contributed by atoms with Crippen LogP contribution >= 0.6 is 11.6 Å². The number of imide groups is 2. The number of aromatic hydroxyl groups is 1. The third kappa shape index (κ3) is 3.97. The molecule has 7 rings (SSSR count). The van der Waals surface area contributed by atoms with Gasteiger partial charge >= 0.3 is 0 Å². The zero-order valence-electron chi connectivity index (χ0n) is 23.4. The molecular formula is C33H27ClFN3O6. The van der Waals surface area contributed by atoms with Gasteiger partial charge in [-0.25, -0.2) is 4.39 Å². The summed E-state index contributed by atoms with van der Waals surface area (Å²) in [5.41, 5.74) is 3.51. The second-order valence-electron chi connectivity index (χ2n) is 11.7. The monoisotopic (exact) mass is 615 g/mol. The third-order valence-electron chi connectivity index (χ3n) is 9.63. The van der Waals surface area contributed by atoms with Crippen LogP contribution in [0.2, 0.25) is 5.02 Å². The Bertz CT molecular complexity index is 1760. The van der Waals surface area contributed by atoms with Crippen molar-refractivity contribution in [3.63, 3.8) is 0 Å². The topological polar surface area (TPSA) is 125 Å². The van der Waals surface area contributed by atoms with E-state index in [9.17, 15) is 28.7 Å². The number of hydrogen-bond acceptors (Lipinski definition) is 7. The van der Waals surface area contributed by atoms with E-state index in [1.54, 1.807) is 30.3 Å². The summed E-state index contributed by atoms with van der Waals surface area (Å²) in [6, 6.07) is 16.6. The minimum Gasteiger partial charge on any atom is -0.508 e. The average Bonchev–Trinajstić information content (AvgIpc) is 3.42. The molecule has 3 N–H and O–H groups in total. The number of benzene rings is 3. The molecule has 3 aromatic rings. The van der Waals surface area contributed by atoms with Crippen molar-refractivity contribution in [1.29, 1.82) is 0 Å². The number of halogens is 2. The molecule has 2 heterocycles. The van der Waals surface area contributed by atoms with Crippen LogP contribution in [0.5, 0.6) is 11.5 Å². The molecule has 3 aromatic carbocycles. The maximum Gasteiger partial charge on any atom is 0.260 e. The van der Waals surface area contributed by atoms with Gasteiger partial charge in [0.2, 0.25) is 11.8 Å². The summed E-state index contributed by atoms with van der Waals surface area (Å²) in [5, 5.41) is 14.2. The third-order valence-corrected chi connectivity index (χ3v) is 9.88. The maximum atomic E-state index is 15.0. The minimum atomic E-state index is -1.53. The van der Waals surface area contributed by atoms with Gasteiger partial charge in [0.25, 0.3) is 11.8 Å². The SMILES string of the molecule is COc1cc(O)ccc1[C@H]1C2=CC[C@@H]3C(=O)NC(=O)[C@@H]3[C@@H]2C[C@H]2C(=O)N(Nc3ccc(F)cc3)C(=O)[C@@]12c1ccc(Cl)cc1. The van der Waals surface area contributed by atoms with Gasteiger partial charge in [-0.15, -0.1) is 0 Å². The summed E-state index contributed by atoms with van der Waals surface area (Å²) in [6.45, 7) is 0. The summed E-state index contributed by atoms with van der Waals surface area (Å²) in [6.07, 6.45) is 2.33. The Morgan fingerprint density at radius 1 is 1.00 bits per heavy atom. The Kier molecular flexibility index (Phi) is 6.51. The van der Waals surface area contributed by atoms with E-state index in [1.165, 1.54) is 43.5 Å². The highest BCUT2D eigenvalue weighted by molar-refractivity contribution is 6.30. The number of phenolic OH excluding ortho intramolecular Hbond substituents is 1. The second kappa shape index (κ2) is 10.2. The quantitative estimate of drug-likeness (QED) is 0.286. The van der Waals surface area contributed by atoms with Gasteiger partial charge in [-0.3, -0.25) is 29.9 Å². The van der Waals surface area contributed by atoms with Crippen molar-refractivity contribution < 1.29 is 33.4 Å². The van der Waals surface area contributed by atoms with Gasteiger partial charge in [0.1, 0.15) is 17.3 Å². The van der Waals surface area contributed by atoms with E-state index in [1.807, 2.05) is 6.08 Å². The molecule has 0 radical (unpaired) electrons. The summed E-state index contributed by atoms with van der Waals surface area (Å²) in [7, 11) is 1.45. The van der Waals surface area contributed by atoms with Gasteiger partial charge in [-0.05, 0) is 66.8 Å². The number of ether oxygens (including phenoxy) is 1. The largest absolute Gasteiger partial charge is 0.508 e. The van der Waals surface area contributed by atoms with E-state index in [0.717, 1.165) is 10.6 Å². The number of fused-ring (bicyclic) bond motifs is 4. The Labute approximate surface area is 256 Å². The van der Waals surface area contributed by atoms with Crippen LogP contribution in [0.1, 0.15) is 29.9 Å². The average molecular weight is 616 g/mol. The smallest absolute Gasteiger partial charge is 0.260 e. The minimum absolute atomic E-state index is 0.0538. The van der Waals surface area contributed by atoms with Crippen LogP contribution in [0.3, 0.4) is 0 Å². The van der Waals surface area contributed by atoms with Crippen LogP contribution < -0.4 is 15.5 Å². The number of phenols is 1. The lowest BCUT2D eigenvalue weighted by molar-refractivity contribution is -0.138. The maximum absolute atomic E-state index is 15.0.